The standard InChI is InChI=1S/C15H25N3O/c1-3-9-16-11-12-18-15(19)8-10-17-14-7-5-4-6-13(14)2/h4-7,16-17H,3,8-12H2,1-2H3,(H,18,19). The van der Waals surface area contributed by atoms with Gasteiger partial charge in [0.1, 0.15) is 0 Å². The number of carbonyl (C=O) groups excluding carboxylic acids is 1. The zero-order chi connectivity index (χ0) is 13.9. The molecule has 1 rings (SSSR count). The van der Waals surface area contributed by atoms with Crippen molar-refractivity contribution < 1.29 is 4.79 Å². The van der Waals surface area contributed by atoms with Crippen molar-refractivity contribution in [2.45, 2.75) is 26.7 Å². The average Bonchev–Trinajstić information content (AvgIpc) is 2.41. The van der Waals surface area contributed by atoms with Crippen molar-refractivity contribution in [1.29, 1.82) is 0 Å². The Kier molecular flexibility index (Phi) is 7.66. The highest BCUT2D eigenvalue weighted by atomic mass is 16.1. The summed E-state index contributed by atoms with van der Waals surface area (Å²) in [5, 5.41) is 9.43. The summed E-state index contributed by atoms with van der Waals surface area (Å²) in [6.45, 7) is 7.39. The number of carbonyl (C=O) groups is 1. The number of amides is 1. The van der Waals surface area contributed by atoms with Crippen LogP contribution in [0.2, 0.25) is 0 Å². The summed E-state index contributed by atoms with van der Waals surface area (Å²) in [5.74, 6) is 0.0967. The lowest BCUT2D eigenvalue weighted by Crippen LogP contribution is -2.32. The number of hydrogen-bond donors (Lipinski definition) is 3. The van der Waals surface area contributed by atoms with Crippen LogP contribution < -0.4 is 16.0 Å². The Hall–Kier alpha value is -1.55. The Labute approximate surface area is 116 Å². The number of aryl methyl sites for hydroxylation is 1. The highest BCUT2D eigenvalue weighted by Gasteiger charge is 2.01. The molecule has 0 aliphatic carbocycles. The molecule has 0 heterocycles. The van der Waals surface area contributed by atoms with Crippen LogP contribution in [0.4, 0.5) is 5.69 Å². The molecule has 1 aromatic carbocycles. The lowest BCUT2D eigenvalue weighted by Gasteiger charge is -2.09. The first-order valence-corrected chi connectivity index (χ1v) is 7.01. The minimum atomic E-state index is 0.0967. The summed E-state index contributed by atoms with van der Waals surface area (Å²) in [6, 6.07) is 8.09. The second kappa shape index (κ2) is 9.39. The Balaban J connectivity index is 2.09. The van der Waals surface area contributed by atoms with Gasteiger partial charge in [0, 0.05) is 31.7 Å². The first-order chi connectivity index (χ1) is 9.24. The predicted octanol–water partition coefficient (Wildman–Crippen LogP) is 1.91. The second-order valence-corrected chi connectivity index (χ2v) is 4.59. The molecule has 0 bridgehead atoms. The van der Waals surface area contributed by atoms with Crippen molar-refractivity contribution in [3.05, 3.63) is 29.8 Å². The molecule has 0 atom stereocenters. The Bertz CT molecular complexity index is 379. The number of rotatable bonds is 9. The van der Waals surface area contributed by atoms with Gasteiger partial charge in [0.05, 0.1) is 0 Å². The van der Waals surface area contributed by atoms with Crippen molar-refractivity contribution in [3.8, 4) is 0 Å². The molecule has 106 valence electrons. The number of anilines is 1. The molecular weight excluding hydrogens is 238 g/mol. The van der Waals surface area contributed by atoms with E-state index in [1.54, 1.807) is 0 Å². The first-order valence-electron chi connectivity index (χ1n) is 7.01. The molecule has 3 N–H and O–H groups in total. The highest BCUT2D eigenvalue weighted by Crippen LogP contribution is 2.12. The van der Waals surface area contributed by atoms with Crippen LogP contribution in [0.3, 0.4) is 0 Å². The minimum absolute atomic E-state index is 0.0967. The zero-order valence-electron chi connectivity index (χ0n) is 12.0. The quantitative estimate of drug-likeness (QED) is 0.597. The average molecular weight is 263 g/mol. The SMILES string of the molecule is CCCNCCNC(=O)CCNc1ccccc1C. The molecule has 1 aromatic rings. The van der Waals surface area contributed by atoms with Crippen molar-refractivity contribution in [3.63, 3.8) is 0 Å². The van der Waals surface area contributed by atoms with Crippen LogP contribution in [0.1, 0.15) is 25.3 Å². The highest BCUT2D eigenvalue weighted by molar-refractivity contribution is 5.76. The summed E-state index contributed by atoms with van der Waals surface area (Å²) in [4.78, 5) is 11.6. The van der Waals surface area contributed by atoms with Gasteiger partial charge in [-0.3, -0.25) is 4.79 Å². The van der Waals surface area contributed by atoms with Crippen molar-refractivity contribution in [1.82, 2.24) is 10.6 Å². The molecule has 0 saturated heterocycles. The third-order valence-electron chi connectivity index (χ3n) is 2.86. The molecule has 1 amide bonds. The summed E-state index contributed by atoms with van der Waals surface area (Å²) in [7, 11) is 0. The van der Waals surface area contributed by atoms with Crippen LogP contribution >= 0.6 is 0 Å². The van der Waals surface area contributed by atoms with Gasteiger partial charge in [0.15, 0.2) is 0 Å². The van der Waals surface area contributed by atoms with Crippen LogP contribution in [0.25, 0.3) is 0 Å². The van der Waals surface area contributed by atoms with Gasteiger partial charge in [-0.2, -0.15) is 0 Å². The lowest BCUT2D eigenvalue weighted by molar-refractivity contribution is -0.120. The van der Waals surface area contributed by atoms with E-state index in [1.807, 2.05) is 18.2 Å². The molecular formula is C15H25N3O. The molecule has 4 heteroatoms. The first kappa shape index (κ1) is 15.5. The van der Waals surface area contributed by atoms with Crippen LogP contribution in [0, 0.1) is 6.92 Å². The topological polar surface area (TPSA) is 53.2 Å². The molecule has 0 aliphatic heterocycles. The summed E-state index contributed by atoms with van der Waals surface area (Å²) in [6.07, 6.45) is 1.62. The van der Waals surface area contributed by atoms with E-state index in [-0.39, 0.29) is 5.91 Å². The molecule has 4 nitrogen and oxygen atoms in total. The van der Waals surface area contributed by atoms with Crippen molar-refractivity contribution in [2.24, 2.45) is 0 Å². The lowest BCUT2D eigenvalue weighted by atomic mass is 10.2. The fraction of sp³-hybridized carbons (Fsp3) is 0.533. The van der Waals surface area contributed by atoms with Gasteiger partial charge in [-0.05, 0) is 31.5 Å². The fourth-order valence-corrected chi connectivity index (χ4v) is 1.76. The van der Waals surface area contributed by atoms with Gasteiger partial charge in [-0.15, -0.1) is 0 Å². The smallest absolute Gasteiger partial charge is 0.221 e. The molecule has 0 spiro atoms. The van der Waals surface area contributed by atoms with Gasteiger partial charge in [-0.1, -0.05) is 25.1 Å². The van der Waals surface area contributed by atoms with Crippen LogP contribution in [-0.2, 0) is 4.79 Å². The van der Waals surface area contributed by atoms with E-state index in [4.69, 9.17) is 0 Å². The fourth-order valence-electron chi connectivity index (χ4n) is 1.76. The number of para-hydroxylation sites is 1. The summed E-state index contributed by atoms with van der Waals surface area (Å²) >= 11 is 0. The van der Waals surface area contributed by atoms with Crippen molar-refractivity contribution >= 4 is 11.6 Å². The van der Waals surface area contributed by atoms with Gasteiger partial charge < -0.3 is 16.0 Å². The Morgan fingerprint density at radius 2 is 1.89 bits per heavy atom. The van der Waals surface area contributed by atoms with Crippen LogP contribution in [-0.4, -0.2) is 32.1 Å². The summed E-state index contributed by atoms with van der Waals surface area (Å²) < 4.78 is 0. The molecule has 0 aromatic heterocycles. The number of benzene rings is 1. The maximum atomic E-state index is 11.6. The normalized spacial score (nSPS) is 10.2. The molecule has 0 aliphatic rings. The molecule has 0 saturated carbocycles. The van der Waals surface area contributed by atoms with Gasteiger partial charge >= 0.3 is 0 Å². The Morgan fingerprint density at radius 3 is 2.63 bits per heavy atom. The predicted molar refractivity (Wildman–Crippen MR) is 80.5 cm³/mol. The van der Waals surface area contributed by atoms with E-state index in [1.165, 1.54) is 5.56 Å². The Morgan fingerprint density at radius 1 is 1.11 bits per heavy atom. The number of nitrogens with one attached hydrogen (secondary N) is 3. The van der Waals surface area contributed by atoms with Gasteiger partial charge in [0.2, 0.25) is 5.91 Å². The minimum Gasteiger partial charge on any atom is -0.384 e. The number of hydrogen-bond acceptors (Lipinski definition) is 3. The van der Waals surface area contributed by atoms with E-state index in [2.05, 4.69) is 35.9 Å². The van der Waals surface area contributed by atoms with Gasteiger partial charge in [0.25, 0.3) is 0 Å². The molecule has 0 fully saturated rings. The van der Waals surface area contributed by atoms with Crippen molar-refractivity contribution in [2.75, 3.05) is 31.5 Å². The third kappa shape index (κ3) is 6.82. The third-order valence-corrected chi connectivity index (χ3v) is 2.86. The summed E-state index contributed by atoms with van der Waals surface area (Å²) in [5.41, 5.74) is 2.30. The maximum absolute atomic E-state index is 11.6. The monoisotopic (exact) mass is 263 g/mol. The van der Waals surface area contributed by atoms with E-state index < -0.39 is 0 Å². The molecule has 0 unspecified atom stereocenters. The van der Waals surface area contributed by atoms with E-state index in [0.717, 1.165) is 25.2 Å². The largest absolute Gasteiger partial charge is 0.384 e. The van der Waals surface area contributed by atoms with Crippen LogP contribution in [0.5, 0.6) is 0 Å². The maximum Gasteiger partial charge on any atom is 0.221 e. The van der Waals surface area contributed by atoms with E-state index in [0.29, 0.717) is 19.5 Å². The second-order valence-electron chi connectivity index (χ2n) is 4.59. The van der Waals surface area contributed by atoms with Crippen LogP contribution in [0.15, 0.2) is 24.3 Å². The van der Waals surface area contributed by atoms with E-state index >= 15 is 0 Å². The zero-order valence-corrected chi connectivity index (χ0v) is 12.0. The van der Waals surface area contributed by atoms with Gasteiger partial charge in [-0.25, -0.2) is 0 Å². The molecule has 19 heavy (non-hydrogen) atoms. The van der Waals surface area contributed by atoms with E-state index in [9.17, 15) is 4.79 Å². The molecule has 0 radical (unpaired) electrons.